The zero-order valence-electron chi connectivity index (χ0n) is 16.6. The molecule has 0 saturated carbocycles. The van der Waals surface area contributed by atoms with Crippen molar-refractivity contribution < 1.29 is 18.7 Å². The van der Waals surface area contributed by atoms with Crippen molar-refractivity contribution in [3.8, 4) is 0 Å². The molecule has 0 spiro atoms. The molecule has 2 aromatic rings. The van der Waals surface area contributed by atoms with Crippen LogP contribution in [0.5, 0.6) is 0 Å². The lowest BCUT2D eigenvalue weighted by molar-refractivity contribution is -0.136. The summed E-state index contributed by atoms with van der Waals surface area (Å²) in [7, 11) is 1.34. The fraction of sp³-hybridized carbons (Fsp3) is 0.333. The van der Waals surface area contributed by atoms with E-state index in [0.717, 1.165) is 36.7 Å². The highest BCUT2D eigenvalue weighted by molar-refractivity contribution is 7.10. The van der Waals surface area contributed by atoms with Crippen molar-refractivity contribution in [1.29, 1.82) is 0 Å². The standard InChI is InChI=1S/C21H23FN4O3S/c1-29-20(27)18-16(23-21(28)24-19(18)17-3-2-12-30-17)13-25-8-10-26(11-9-25)15-6-4-14(22)5-7-15/h2-7,12,19H,8-11,13H2,1H3,(H2,23,24,28)/t19-/m0/s1. The van der Waals surface area contributed by atoms with Crippen LogP contribution < -0.4 is 15.5 Å². The van der Waals surface area contributed by atoms with Gasteiger partial charge in [0.25, 0.3) is 0 Å². The Morgan fingerprint density at radius 1 is 1.20 bits per heavy atom. The van der Waals surface area contributed by atoms with Gasteiger partial charge in [0.05, 0.1) is 18.7 Å². The quantitative estimate of drug-likeness (QED) is 0.713. The number of hydrogen-bond donors (Lipinski definition) is 2. The number of halogens is 1. The molecule has 30 heavy (non-hydrogen) atoms. The number of piperazine rings is 1. The minimum atomic E-state index is -0.526. The molecule has 1 aromatic carbocycles. The number of nitrogens with one attached hydrogen (secondary N) is 2. The third-order valence-electron chi connectivity index (χ3n) is 5.33. The summed E-state index contributed by atoms with van der Waals surface area (Å²) in [5, 5.41) is 7.54. The fourth-order valence-corrected chi connectivity index (χ4v) is 4.59. The van der Waals surface area contributed by atoms with E-state index in [0.29, 0.717) is 17.8 Å². The Morgan fingerprint density at radius 3 is 2.57 bits per heavy atom. The molecule has 7 nitrogen and oxygen atoms in total. The van der Waals surface area contributed by atoms with Gasteiger partial charge in [-0.1, -0.05) is 6.07 Å². The minimum absolute atomic E-state index is 0.249. The van der Waals surface area contributed by atoms with E-state index < -0.39 is 12.0 Å². The van der Waals surface area contributed by atoms with E-state index in [4.69, 9.17) is 4.74 Å². The number of urea groups is 1. The summed E-state index contributed by atoms with van der Waals surface area (Å²) >= 11 is 1.48. The molecule has 9 heteroatoms. The number of amides is 2. The van der Waals surface area contributed by atoms with Crippen LogP contribution in [0.25, 0.3) is 0 Å². The monoisotopic (exact) mass is 430 g/mol. The zero-order valence-corrected chi connectivity index (χ0v) is 17.4. The fourth-order valence-electron chi connectivity index (χ4n) is 3.80. The number of nitrogens with zero attached hydrogens (tertiary/aromatic N) is 2. The third kappa shape index (κ3) is 4.31. The highest BCUT2D eigenvalue weighted by Crippen LogP contribution is 2.31. The van der Waals surface area contributed by atoms with Gasteiger partial charge in [-0.15, -0.1) is 11.3 Å². The lowest BCUT2D eigenvalue weighted by Gasteiger charge is -2.37. The highest BCUT2D eigenvalue weighted by atomic mass is 32.1. The summed E-state index contributed by atoms with van der Waals surface area (Å²) in [5.74, 6) is -0.706. The molecule has 2 aliphatic rings. The van der Waals surface area contributed by atoms with Gasteiger partial charge >= 0.3 is 12.0 Å². The lowest BCUT2D eigenvalue weighted by Crippen LogP contribution is -2.51. The SMILES string of the molecule is COC(=O)C1=C(CN2CCN(c3ccc(F)cc3)CC2)NC(=O)N[C@H]1c1cccs1. The molecule has 2 amide bonds. The van der Waals surface area contributed by atoms with Crippen LogP contribution in [-0.2, 0) is 9.53 Å². The van der Waals surface area contributed by atoms with Crippen molar-refractivity contribution in [2.45, 2.75) is 6.04 Å². The Hall–Kier alpha value is -2.91. The number of ether oxygens (including phenoxy) is 1. The molecule has 1 aromatic heterocycles. The first-order chi connectivity index (χ1) is 14.5. The maximum atomic E-state index is 13.2. The van der Waals surface area contributed by atoms with Crippen LogP contribution in [0.1, 0.15) is 10.9 Å². The number of anilines is 1. The molecule has 3 heterocycles. The Morgan fingerprint density at radius 2 is 1.93 bits per heavy atom. The van der Waals surface area contributed by atoms with Crippen molar-refractivity contribution in [2.75, 3.05) is 44.7 Å². The molecule has 158 valence electrons. The second kappa shape index (κ2) is 8.85. The first kappa shape index (κ1) is 20.4. The summed E-state index contributed by atoms with van der Waals surface area (Å²) < 4.78 is 18.2. The minimum Gasteiger partial charge on any atom is -0.466 e. The Labute approximate surface area is 178 Å². The molecule has 0 bridgehead atoms. The van der Waals surface area contributed by atoms with Crippen LogP contribution in [0.2, 0.25) is 0 Å². The van der Waals surface area contributed by atoms with Gasteiger partial charge in [0.1, 0.15) is 5.82 Å². The van der Waals surface area contributed by atoms with Gasteiger partial charge in [0.15, 0.2) is 0 Å². The summed E-state index contributed by atoms with van der Waals surface area (Å²) in [6.07, 6.45) is 0. The number of benzene rings is 1. The molecule has 1 fully saturated rings. The molecule has 0 aliphatic carbocycles. The summed E-state index contributed by atoms with van der Waals surface area (Å²) in [6, 6.07) is 9.40. The second-order valence-electron chi connectivity index (χ2n) is 7.17. The number of thiophene rings is 1. The number of esters is 1. The van der Waals surface area contributed by atoms with Crippen molar-refractivity contribution in [2.24, 2.45) is 0 Å². The molecular formula is C21H23FN4O3S. The van der Waals surface area contributed by atoms with Crippen LogP contribution >= 0.6 is 11.3 Å². The van der Waals surface area contributed by atoms with Crippen molar-refractivity contribution >= 4 is 29.0 Å². The highest BCUT2D eigenvalue weighted by Gasteiger charge is 2.35. The van der Waals surface area contributed by atoms with E-state index in [9.17, 15) is 14.0 Å². The summed E-state index contributed by atoms with van der Waals surface area (Å²) in [6.45, 7) is 3.49. The number of hydrogen-bond acceptors (Lipinski definition) is 6. The number of carbonyl (C=O) groups is 2. The first-order valence-electron chi connectivity index (χ1n) is 9.70. The maximum Gasteiger partial charge on any atom is 0.338 e. The normalized spacial score (nSPS) is 20.0. The molecular weight excluding hydrogens is 407 g/mol. The Kier molecular flexibility index (Phi) is 6.01. The van der Waals surface area contributed by atoms with Crippen molar-refractivity contribution in [1.82, 2.24) is 15.5 Å². The van der Waals surface area contributed by atoms with Crippen LogP contribution in [0.15, 0.2) is 53.0 Å². The smallest absolute Gasteiger partial charge is 0.338 e. The molecule has 1 saturated heterocycles. The largest absolute Gasteiger partial charge is 0.466 e. The van der Waals surface area contributed by atoms with Gasteiger partial charge in [0.2, 0.25) is 0 Å². The van der Waals surface area contributed by atoms with Gasteiger partial charge in [-0.05, 0) is 35.7 Å². The van der Waals surface area contributed by atoms with E-state index in [1.165, 1.54) is 30.6 Å². The van der Waals surface area contributed by atoms with Gasteiger partial charge in [-0.2, -0.15) is 0 Å². The second-order valence-corrected chi connectivity index (χ2v) is 8.15. The van der Waals surface area contributed by atoms with Gasteiger partial charge < -0.3 is 20.3 Å². The van der Waals surface area contributed by atoms with E-state index in [-0.39, 0.29) is 11.8 Å². The predicted molar refractivity (Wildman–Crippen MR) is 113 cm³/mol. The summed E-state index contributed by atoms with van der Waals surface area (Å²) in [4.78, 5) is 30.1. The molecule has 1 atom stereocenters. The van der Waals surface area contributed by atoms with Crippen LogP contribution in [0.4, 0.5) is 14.9 Å². The number of rotatable bonds is 5. The van der Waals surface area contributed by atoms with Crippen LogP contribution in [-0.4, -0.2) is 56.7 Å². The first-order valence-corrected chi connectivity index (χ1v) is 10.6. The molecule has 0 radical (unpaired) electrons. The van der Waals surface area contributed by atoms with Gasteiger partial charge in [0, 0.05) is 49.0 Å². The average Bonchev–Trinajstić information content (AvgIpc) is 3.29. The van der Waals surface area contributed by atoms with Crippen molar-refractivity contribution in [3.05, 3.63) is 63.7 Å². The third-order valence-corrected chi connectivity index (χ3v) is 6.27. The van der Waals surface area contributed by atoms with E-state index in [1.54, 1.807) is 12.1 Å². The zero-order chi connectivity index (χ0) is 21.1. The van der Waals surface area contributed by atoms with Crippen LogP contribution in [0, 0.1) is 5.82 Å². The molecule has 2 N–H and O–H groups in total. The average molecular weight is 431 g/mol. The molecule has 0 unspecified atom stereocenters. The topological polar surface area (TPSA) is 73.9 Å². The van der Waals surface area contributed by atoms with Gasteiger partial charge in [-0.25, -0.2) is 14.0 Å². The number of methoxy groups -OCH3 is 1. The van der Waals surface area contributed by atoms with E-state index in [1.807, 2.05) is 17.5 Å². The van der Waals surface area contributed by atoms with Crippen LogP contribution in [0.3, 0.4) is 0 Å². The van der Waals surface area contributed by atoms with E-state index in [2.05, 4.69) is 20.4 Å². The molecule has 2 aliphatic heterocycles. The number of carbonyl (C=O) groups excluding carboxylic acids is 2. The Balaban J connectivity index is 1.50. The predicted octanol–water partition coefficient (Wildman–Crippen LogP) is 2.49. The summed E-state index contributed by atoms with van der Waals surface area (Å²) in [5.41, 5.74) is 1.98. The van der Waals surface area contributed by atoms with E-state index >= 15 is 0 Å². The van der Waals surface area contributed by atoms with Gasteiger partial charge in [-0.3, -0.25) is 4.90 Å². The Bertz CT molecular complexity index is 938. The lowest BCUT2D eigenvalue weighted by atomic mass is 10.0. The maximum absolute atomic E-state index is 13.2. The molecule has 4 rings (SSSR count). The van der Waals surface area contributed by atoms with Crippen molar-refractivity contribution in [3.63, 3.8) is 0 Å².